The molecule has 0 saturated carbocycles. The molecule has 4 rings (SSSR count). The molecule has 2 N–H and O–H groups in total. The average Bonchev–Trinajstić information content (AvgIpc) is 3.40. The van der Waals surface area contributed by atoms with E-state index in [-0.39, 0.29) is 24.5 Å². The molecule has 0 aliphatic carbocycles. The second kappa shape index (κ2) is 8.67. The Labute approximate surface area is 175 Å². The smallest absolute Gasteiger partial charge is 0.257 e. The third-order valence-electron chi connectivity index (χ3n) is 4.81. The standard InChI is InChI=1S/C19H21BrN4O3S/c20-15-6-2-1-5-13(15)19(26)22-18-14-10-28-11-16(14)23-24(18)9-17(25)21-8-12-4-3-7-27-12/h1-2,5-6,12H,3-4,7-11H2,(H,21,25)(H,22,26). The number of halogens is 1. The topological polar surface area (TPSA) is 85.2 Å². The summed E-state index contributed by atoms with van der Waals surface area (Å²) >= 11 is 5.16. The molecule has 1 aromatic carbocycles. The van der Waals surface area contributed by atoms with Gasteiger partial charge in [-0.3, -0.25) is 9.59 Å². The van der Waals surface area contributed by atoms with Gasteiger partial charge in [0.1, 0.15) is 12.4 Å². The van der Waals surface area contributed by atoms with Crippen molar-refractivity contribution >= 4 is 45.3 Å². The highest BCUT2D eigenvalue weighted by Gasteiger charge is 2.26. The molecular weight excluding hydrogens is 444 g/mol. The Balaban J connectivity index is 1.48. The van der Waals surface area contributed by atoms with Gasteiger partial charge in [0.2, 0.25) is 5.91 Å². The van der Waals surface area contributed by atoms with E-state index in [2.05, 4.69) is 31.7 Å². The number of anilines is 1. The van der Waals surface area contributed by atoms with Crippen LogP contribution in [0.2, 0.25) is 0 Å². The molecule has 1 atom stereocenters. The number of thioether (sulfide) groups is 1. The van der Waals surface area contributed by atoms with Crippen LogP contribution in [-0.2, 0) is 27.6 Å². The second-order valence-corrected chi connectivity index (χ2v) is 8.64. The van der Waals surface area contributed by atoms with Gasteiger partial charge < -0.3 is 15.4 Å². The van der Waals surface area contributed by atoms with Crippen LogP contribution in [0.15, 0.2) is 28.7 Å². The summed E-state index contributed by atoms with van der Waals surface area (Å²) in [7, 11) is 0. The summed E-state index contributed by atoms with van der Waals surface area (Å²) in [5.74, 6) is 1.80. The van der Waals surface area contributed by atoms with Crippen LogP contribution in [0.25, 0.3) is 0 Å². The highest BCUT2D eigenvalue weighted by Crippen LogP contribution is 2.35. The zero-order valence-electron chi connectivity index (χ0n) is 15.2. The minimum absolute atomic E-state index is 0.0654. The first-order chi connectivity index (χ1) is 13.6. The number of carbonyl (C=O) groups excluding carboxylic acids is 2. The van der Waals surface area contributed by atoms with E-state index in [0.717, 1.165) is 46.7 Å². The number of hydrogen-bond acceptors (Lipinski definition) is 5. The zero-order valence-corrected chi connectivity index (χ0v) is 17.6. The summed E-state index contributed by atoms with van der Waals surface area (Å²) in [6.45, 7) is 1.33. The molecule has 0 bridgehead atoms. The molecule has 1 unspecified atom stereocenters. The molecule has 1 aromatic heterocycles. The third kappa shape index (κ3) is 4.26. The van der Waals surface area contributed by atoms with Crippen LogP contribution in [0.1, 0.15) is 34.5 Å². The van der Waals surface area contributed by atoms with Crippen LogP contribution in [0.5, 0.6) is 0 Å². The average molecular weight is 465 g/mol. The molecular formula is C19H21BrN4O3S. The SMILES string of the molecule is O=C(Cn1nc2c(c1NC(=O)c1ccccc1Br)CSC2)NCC1CCCO1. The number of carbonyl (C=O) groups is 2. The van der Waals surface area contributed by atoms with E-state index in [9.17, 15) is 9.59 Å². The van der Waals surface area contributed by atoms with E-state index in [1.807, 2.05) is 18.2 Å². The maximum atomic E-state index is 12.8. The number of nitrogens with one attached hydrogen (secondary N) is 2. The minimum Gasteiger partial charge on any atom is -0.376 e. The lowest BCUT2D eigenvalue weighted by Crippen LogP contribution is -2.34. The van der Waals surface area contributed by atoms with Crippen molar-refractivity contribution in [2.75, 3.05) is 18.5 Å². The van der Waals surface area contributed by atoms with Gasteiger partial charge in [0.25, 0.3) is 5.91 Å². The van der Waals surface area contributed by atoms with Crippen molar-refractivity contribution in [3.63, 3.8) is 0 Å². The number of hydrogen-bond donors (Lipinski definition) is 2. The lowest BCUT2D eigenvalue weighted by Gasteiger charge is -2.13. The number of aromatic nitrogens is 2. The summed E-state index contributed by atoms with van der Waals surface area (Å²) in [5.41, 5.74) is 2.47. The van der Waals surface area contributed by atoms with Crippen molar-refractivity contribution < 1.29 is 14.3 Å². The fourth-order valence-corrected chi connectivity index (χ4v) is 4.87. The molecule has 2 aliphatic rings. The molecule has 3 heterocycles. The quantitative estimate of drug-likeness (QED) is 0.686. The van der Waals surface area contributed by atoms with Crippen molar-refractivity contribution in [2.24, 2.45) is 0 Å². The first-order valence-corrected chi connectivity index (χ1v) is 11.2. The molecule has 7 nitrogen and oxygen atoms in total. The molecule has 1 saturated heterocycles. The van der Waals surface area contributed by atoms with Crippen molar-refractivity contribution in [1.82, 2.24) is 15.1 Å². The van der Waals surface area contributed by atoms with Crippen molar-refractivity contribution in [3.05, 3.63) is 45.6 Å². The molecule has 1 fully saturated rings. The van der Waals surface area contributed by atoms with Crippen molar-refractivity contribution in [1.29, 1.82) is 0 Å². The Hall–Kier alpha value is -1.84. The number of benzene rings is 1. The molecule has 0 radical (unpaired) electrons. The number of rotatable bonds is 6. The Morgan fingerprint density at radius 1 is 1.32 bits per heavy atom. The monoisotopic (exact) mass is 464 g/mol. The largest absolute Gasteiger partial charge is 0.376 e. The van der Waals surface area contributed by atoms with E-state index in [0.29, 0.717) is 17.9 Å². The van der Waals surface area contributed by atoms with Gasteiger partial charge in [0, 0.05) is 34.7 Å². The predicted octanol–water partition coefficient (Wildman–Crippen LogP) is 2.94. The molecule has 9 heteroatoms. The Bertz CT molecular complexity index is 895. The van der Waals surface area contributed by atoms with Crippen LogP contribution >= 0.6 is 27.7 Å². The van der Waals surface area contributed by atoms with Gasteiger partial charge in [-0.15, -0.1) is 0 Å². The van der Waals surface area contributed by atoms with Crippen LogP contribution in [0, 0.1) is 0 Å². The van der Waals surface area contributed by atoms with Crippen LogP contribution in [0.4, 0.5) is 5.82 Å². The molecule has 148 valence electrons. The van der Waals surface area contributed by atoms with E-state index < -0.39 is 0 Å². The number of amides is 2. The molecule has 2 amide bonds. The fourth-order valence-electron chi connectivity index (χ4n) is 3.37. The first-order valence-electron chi connectivity index (χ1n) is 9.22. The fraction of sp³-hybridized carbons (Fsp3) is 0.421. The van der Waals surface area contributed by atoms with E-state index in [1.54, 1.807) is 22.5 Å². The van der Waals surface area contributed by atoms with Crippen molar-refractivity contribution in [2.45, 2.75) is 37.0 Å². The summed E-state index contributed by atoms with van der Waals surface area (Å²) in [6.07, 6.45) is 2.11. The van der Waals surface area contributed by atoms with Gasteiger partial charge in [-0.1, -0.05) is 12.1 Å². The van der Waals surface area contributed by atoms with Gasteiger partial charge in [-0.05, 0) is 40.9 Å². The summed E-state index contributed by atoms with van der Waals surface area (Å²) in [4.78, 5) is 25.2. The third-order valence-corrected chi connectivity index (χ3v) is 6.48. The van der Waals surface area contributed by atoms with Gasteiger partial charge in [-0.2, -0.15) is 16.9 Å². The lowest BCUT2D eigenvalue weighted by molar-refractivity contribution is -0.122. The number of fused-ring (bicyclic) bond motifs is 1. The molecule has 0 spiro atoms. The number of nitrogens with zero attached hydrogens (tertiary/aromatic N) is 2. The molecule has 2 aromatic rings. The second-order valence-electron chi connectivity index (χ2n) is 6.80. The Morgan fingerprint density at radius 2 is 2.18 bits per heavy atom. The first kappa shape index (κ1) is 19.5. The highest BCUT2D eigenvalue weighted by atomic mass is 79.9. The van der Waals surface area contributed by atoms with Crippen molar-refractivity contribution in [3.8, 4) is 0 Å². The van der Waals surface area contributed by atoms with Gasteiger partial charge >= 0.3 is 0 Å². The van der Waals surface area contributed by atoms with E-state index >= 15 is 0 Å². The predicted molar refractivity (Wildman–Crippen MR) is 111 cm³/mol. The van der Waals surface area contributed by atoms with Crippen LogP contribution < -0.4 is 10.6 Å². The summed E-state index contributed by atoms with van der Waals surface area (Å²) < 4.78 is 7.86. The summed E-state index contributed by atoms with van der Waals surface area (Å²) in [6, 6.07) is 7.25. The molecule has 2 aliphatic heterocycles. The van der Waals surface area contributed by atoms with E-state index in [1.165, 1.54) is 0 Å². The van der Waals surface area contributed by atoms with Gasteiger partial charge in [0.05, 0.1) is 17.4 Å². The summed E-state index contributed by atoms with van der Waals surface area (Å²) in [5, 5.41) is 10.4. The number of ether oxygens (including phenoxy) is 1. The van der Waals surface area contributed by atoms with E-state index in [4.69, 9.17) is 4.74 Å². The minimum atomic E-state index is -0.229. The maximum absolute atomic E-state index is 12.8. The zero-order chi connectivity index (χ0) is 19.5. The molecule has 28 heavy (non-hydrogen) atoms. The Kier molecular flexibility index (Phi) is 6.03. The van der Waals surface area contributed by atoms with Gasteiger partial charge in [-0.25, -0.2) is 4.68 Å². The lowest BCUT2D eigenvalue weighted by atomic mass is 10.2. The van der Waals surface area contributed by atoms with Gasteiger partial charge in [0.15, 0.2) is 0 Å². The Morgan fingerprint density at radius 3 is 2.96 bits per heavy atom. The van der Waals surface area contributed by atoms with Crippen LogP contribution in [0.3, 0.4) is 0 Å². The normalized spacial score (nSPS) is 18.1. The maximum Gasteiger partial charge on any atom is 0.257 e. The van der Waals surface area contributed by atoms with Crippen LogP contribution in [-0.4, -0.2) is 40.9 Å². The highest BCUT2D eigenvalue weighted by molar-refractivity contribution is 9.10.